The molecule has 3 rings (SSSR count). The zero-order chi connectivity index (χ0) is 19.6. The highest BCUT2D eigenvalue weighted by atomic mass is 16.2. The summed E-state index contributed by atoms with van der Waals surface area (Å²) in [6, 6.07) is 8.82. The maximum Gasteiger partial charge on any atom is 0.226 e. The van der Waals surface area contributed by atoms with Crippen molar-refractivity contribution in [1.82, 2.24) is 20.0 Å². The molecule has 1 aromatic heterocycles. The number of nitrogens with one attached hydrogen (secondary N) is 1. The Morgan fingerprint density at radius 3 is 2.59 bits per heavy atom. The van der Waals surface area contributed by atoms with Crippen LogP contribution in [0.4, 0.5) is 0 Å². The molecular weight excluding hydrogens is 336 g/mol. The summed E-state index contributed by atoms with van der Waals surface area (Å²) in [6.07, 6.45) is 1.78. The molecule has 2 unspecified atom stereocenters. The average molecular weight is 369 g/mol. The van der Waals surface area contributed by atoms with Crippen molar-refractivity contribution >= 4 is 5.91 Å². The molecule has 1 N–H and O–H groups in total. The second kappa shape index (κ2) is 8.26. The quantitative estimate of drug-likeness (QED) is 0.883. The van der Waals surface area contributed by atoms with E-state index in [2.05, 4.69) is 53.4 Å². The number of nitrogens with zero attached hydrogens (tertiary/aromatic N) is 3. The van der Waals surface area contributed by atoms with Crippen LogP contribution in [0.2, 0.25) is 0 Å². The fourth-order valence-electron chi connectivity index (χ4n) is 4.03. The molecule has 1 aromatic carbocycles. The van der Waals surface area contributed by atoms with E-state index in [1.165, 1.54) is 16.7 Å². The summed E-state index contributed by atoms with van der Waals surface area (Å²) in [6.45, 7) is 10.7. The molecule has 5 nitrogen and oxygen atoms in total. The molecule has 0 bridgehead atoms. The van der Waals surface area contributed by atoms with Crippen molar-refractivity contribution in [2.45, 2.75) is 46.6 Å². The standard InChI is InChI=1S/C22H32N4O/c1-6-18-7-9-19(10-8-18)21-14-23-11-12-26(21)22(27)15(2)13-20-16(3)24-25(5)17(20)4/h7-10,15,21,23H,6,11-14H2,1-5H3. The molecule has 0 saturated carbocycles. The second-order valence-corrected chi connectivity index (χ2v) is 7.72. The summed E-state index contributed by atoms with van der Waals surface area (Å²) in [5, 5.41) is 7.95. The van der Waals surface area contributed by atoms with E-state index < -0.39 is 0 Å². The summed E-state index contributed by atoms with van der Waals surface area (Å²) in [5.74, 6) is 0.186. The lowest BCUT2D eigenvalue weighted by Gasteiger charge is -2.38. The van der Waals surface area contributed by atoms with E-state index in [1.54, 1.807) is 0 Å². The smallest absolute Gasteiger partial charge is 0.226 e. The normalized spacial score (nSPS) is 18.6. The monoisotopic (exact) mass is 368 g/mol. The zero-order valence-corrected chi connectivity index (χ0v) is 17.2. The van der Waals surface area contributed by atoms with E-state index in [9.17, 15) is 4.79 Å². The van der Waals surface area contributed by atoms with Crippen LogP contribution in [0.3, 0.4) is 0 Å². The second-order valence-electron chi connectivity index (χ2n) is 7.72. The maximum absolute atomic E-state index is 13.3. The minimum Gasteiger partial charge on any atom is -0.333 e. The first-order chi connectivity index (χ1) is 12.9. The molecule has 5 heteroatoms. The van der Waals surface area contributed by atoms with Gasteiger partial charge in [-0.15, -0.1) is 0 Å². The van der Waals surface area contributed by atoms with Crippen molar-refractivity contribution in [3.8, 4) is 0 Å². The van der Waals surface area contributed by atoms with E-state index in [4.69, 9.17) is 0 Å². The van der Waals surface area contributed by atoms with E-state index in [0.29, 0.717) is 0 Å². The van der Waals surface area contributed by atoms with Crippen LogP contribution in [0.25, 0.3) is 0 Å². The Labute approximate surface area is 162 Å². The third kappa shape index (κ3) is 4.08. The lowest BCUT2D eigenvalue weighted by molar-refractivity contribution is -0.138. The molecular formula is C22H32N4O. The Balaban J connectivity index is 1.77. The van der Waals surface area contributed by atoms with Gasteiger partial charge in [0.15, 0.2) is 0 Å². The molecule has 0 aliphatic carbocycles. The molecule has 1 aliphatic heterocycles. The number of aromatic nitrogens is 2. The van der Waals surface area contributed by atoms with Crippen LogP contribution in [0.1, 0.15) is 48.0 Å². The molecule has 146 valence electrons. The lowest BCUT2D eigenvalue weighted by Crippen LogP contribution is -2.50. The third-order valence-corrected chi connectivity index (χ3v) is 5.89. The van der Waals surface area contributed by atoms with Gasteiger partial charge in [-0.3, -0.25) is 9.48 Å². The van der Waals surface area contributed by atoms with Crippen molar-refractivity contribution in [2.75, 3.05) is 19.6 Å². The first kappa shape index (κ1) is 19.6. The third-order valence-electron chi connectivity index (χ3n) is 5.89. The minimum absolute atomic E-state index is 0.0536. The van der Waals surface area contributed by atoms with Crippen molar-refractivity contribution in [3.63, 3.8) is 0 Å². The number of rotatable bonds is 5. The number of hydrogen-bond donors (Lipinski definition) is 1. The first-order valence-electron chi connectivity index (χ1n) is 10.0. The molecule has 1 fully saturated rings. The molecule has 0 radical (unpaired) electrons. The number of carbonyl (C=O) groups excluding carboxylic acids is 1. The summed E-state index contributed by atoms with van der Waals surface area (Å²) >= 11 is 0. The highest BCUT2D eigenvalue weighted by Crippen LogP contribution is 2.26. The summed E-state index contributed by atoms with van der Waals surface area (Å²) in [4.78, 5) is 15.4. The van der Waals surface area contributed by atoms with Crippen molar-refractivity contribution in [2.24, 2.45) is 13.0 Å². The van der Waals surface area contributed by atoms with Gasteiger partial charge in [0.2, 0.25) is 5.91 Å². The predicted octanol–water partition coefficient (Wildman–Crippen LogP) is 2.95. The van der Waals surface area contributed by atoms with Gasteiger partial charge >= 0.3 is 0 Å². The Morgan fingerprint density at radius 2 is 2.00 bits per heavy atom. The lowest BCUT2D eigenvalue weighted by atomic mass is 9.95. The van der Waals surface area contributed by atoms with E-state index in [1.807, 2.05) is 25.6 Å². The molecule has 1 aliphatic rings. The number of hydrogen-bond acceptors (Lipinski definition) is 3. The fourth-order valence-corrected chi connectivity index (χ4v) is 4.03. The molecule has 27 heavy (non-hydrogen) atoms. The number of piperazine rings is 1. The molecule has 2 aromatic rings. The van der Waals surface area contributed by atoms with Crippen molar-refractivity contribution < 1.29 is 4.79 Å². The Bertz CT molecular complexity index is 793. The topological polar surface area (TPSA) is 50.2 Å². The van der Waals surface area contributed by atoms with Crippen molar-refractivity contribution in [3.05, 3.63) is 52.3 Å². The number of benzene rings is 1. The Kier molecular flexibility index (Phi) is 6.00. The van der Waals surface area contributed by atoms with Gasteiger partial charge in [0, 0.05) is 38.3 Å². The van der Waals surface area contributed by atoms with Crippen LogP contribution in [-0.4, -0.2) is 40.2 Å². The largest absolute Gasteiger partial charge is 0.333 e. The Morgan fingerprint density at radius 1 is 1.30 bits per heavy atom. The molecule has 2 atom stereocenters. The average Bonchev–Trinajstić information content (AvgIpc) is 2.93. The van der Waals surface area contributed by atoms with Crippen LogP contribution in [0.15, 0.2) is 24.3 Å². The zero-order valence-electron chi connectivity index (χ0n) is 17.2. The van der Waals surface area contributed by atoms with E-state index in [0.717, 1.165) is 43.9 Å². The number of amides is 1. The summed E-state index contributed by atoms with van der Waals surface area (Å²) in [7, 11) is 1.96. The maximum atomic E-state index is 13.3. The highest BCUT2D eigenvalue weighted by Gasteiger charge is 2.31. The highest BCUT2D eigenvalue weighted by molar-refractivity contribution is 5.79. The van der Waals surface area contributed by atoms with Gasteiger partial charge in [0.1, 0.15) is 0 Å². The van der Waals surface area contributed by atoms with Gasteiger partial charge in [-0.25, -0.2) is 0 Å². The summed E-state index contributed by atoms with van der Waals surface area (Å²) < 4.78 is 1.91. The number of carbonyl (C=O) groups is 1. The van der Waals surface area contributed by atoms with Gasteiger partial charge in [-0.1, -0.05) is 38.1 Å². The van der Waals surface area contributed by atoms with Gasteiger partial charge in [0.05, 0.1) is 11.7 Å². The van der Waals surface area contributed by atoms with Crippen LogP contribution in [0.5, 0.6) is 0 Å². The van der Waals surface area contributed by atoms with Gasteiger partial charge in [-0.2, -0.15) is 5.10 Å². The molecule has 1 saturated heterocycles. The van der Waals surface area contributed by atoms with E-state index >= 15 is 0 Å². The molecule has 1 amide bonds. The van der Waals surface area contributed by atoms with Crippen LogP contribution < -0.4 is 5.32 Å². The first-order valence-corrected chi connectivity index (χ1v) is 10.0. The fraction of sp³-hybridized carbons (Fsp3) is 0.545. The predicted molar refractivity (Wildman–Crippen MR) is 109 cm³/mol. The van der Waals surface area contributed by atoms with Crippen LogP contribution in [0, 0.1) is 19.8 Å². The SMILES string of the molecule is CCc1ccc(C2CNCCN2C(=O)C(C)Cc2c(C)nn(C)c2C)cc1. The Hall–Kier alpha value is -2.14. The van der Waals surface area contributed by atoms with Gasteiger partial charge < -0.3 is 10.2 Å². The molecule has 2 heterocycles. The summed E-state index contributed by atoms with van der Waals surface area (Å²) in [5.41, 5.74) is 5.93. The minimum atomic E-state index is -0.0536. The van der Waals surface area contributed by atoms with Crippen LogP contribution in [-0.2, 0) is 24.7 Å². The van der Waals surface area contributed by atoms with Gasteiger partial charge in [-0.05, 0) is 43.4 Å². The van der Waals surface area contributed by atoms with Crippen molar-refractivity contribution in [1.29, 1.82) is 0 Å². The van der Waals surface area contributed by atoms with Gasteiger partial charge in [0.25, 0.3) is 0 Å². The van der Waals surface area contributed by atoms with E-state index in [-0.39, 0.29) is 17.9 Å². The van der Waals surface area contributed by atoms with Crippen LogP contribution >= 0.6 is 0 Å². The number of aryl methyl sites for hydroxylation is 3. The molecule has 0 spiro atoms.